The molecule has 142 valence electrons. The number of hydrogen-bond donors (Lipinski definition) is 1. The van der Waals surface area contributed by atoms with Crippen LogP contribution in [0.3, 0.4) is 0 Å². The van der Waals surface area contributed by atoms with Crippen molar-refractivity contribution >= 4 is 16.9 Å². The standard InChI is InChI=1S/C19H30N6O/c1-14(2)16-21-17(15-12-20-24(3)18(15)22-16)23-19(6-4-5-7-19)13-25-8-10-26-11-9-25/h12,14H,4-11,13H2,1-3H3,(H,21,22,23). The maximum Gasteiger partial charge on any atom is 0.163 e. The van der Waals surface area contributed by atoms with Crippen molar-refractivity contribution in [2.24, 2.45) is 7.05 Å². The Morgan fingerprint density at radius 3 is 2.62 bits per heavy atom. The number of aryl methyl sites for hydroxylation is 1. The summed E-state index contributed by atoms with van der Waals surface area (Å²) in [5, 5.41) is 9.30. The molecule has 1 aliphatic carbocycles. The molecule has 1 saturated heterocycles. The minimum atomic E-state index is 0.0860. The van der Waals surface area contributed by atoms with Gasteiger partial charge in [-0.05, 0) is 12.8 Å². The number of morpholine rings is 1. The third kappa shape index (κ3) is 3.42. The summed E-state index contributed by atoms with van der Waals surface area (Å²) in [7, 11) is 1.95. The molecule has 7 nitrogen and oxygen atoms in total. The van der Waals surface area contributed by atoms with Gasteiger partial charge in [-0.25, -0.2) is 9.97 Å². The Morgan fingerprint density at radius 1 is 1.19 bits per heavy atom. The number of fused-ring (bicyclic) bond motifs is 1. The fourth-order valence-corrected chi connectivity index (χ4v) is 4.21. The minimum Gasteiger partial charge on any atom is -0.379 e. The summed E-state index contributed by atoms with van der Waals surface area (Å²) in [6.45, 7) is 9.06. The maximum atomic E-state index is 5.52. The van der Waals surface area contributed by atoms with E-state index in [-0.39, 0.29) is 11.5 Å². The highest BCUT2D eigenvalue weighted by atomic mass is 16.5. The molecule has 0 radical (unpaired) electrons. The SMILES string of the molecule is CC(C)c1nc(NC2(CN3CCOCC3)CCCC2)c2cnn(C)c2n1. The first-order valence-electron chi connectivity index (χ1n) is 9.84. The van der Waals surface area contributed by atoms with E-state index in [1.807, 2.05) is 17.9 Å². The lowest BCUT2D eigenvalue weighted by Gasteiger charge is -2.38. The lowest BCUT2D eigenvalue weighted by Crippen LogP contribution is -2.50. The highest BCUT2D eigenvalue weighted by Gasteiger charge is 2.37. The molecule has 7 heteroatoms. The van der Waals surface area contributed by atoms with Crippen molar-refractivity contribution in [2.75, 3.05) is 38.2 Å². The lowest BCUT2D eigenvalue weighted by molar-refractivity contribution is 0.0296. The molecule has 1 saturated carbocycles. The molecular weight excluding hydrogens is 328 g/mol. The van der Waals surface area contributed by atoms with Crippen LogP contribution in [0.15, 0.2) is 6.20 Å². The van der Waals surface area contributed by atoms with Crippen molar-refractivity contribution in [3.05, 3.63) is 12.0 Å². The van der Waals surface area contributed by atoms with Crippen LogP contribution in [0.25, 0.3) is 11.0 Å². The van der Waals surface area contributed by atoms with E-state index in [9.17, 15) is 0 Å². The smallest absolute Gasteiger partial charge is 0.163 e. The first-order chi connectivity index (χ1) is 12.6. The van der Waals surface area contributed by atoms with Crippen LogP contribution in [-0.2, 0) is 11.8 Å². The highest BCUT2D eigenvalue weighted by Crippen LogP contribution is 2.35. The number of aromatic nitrogens is 4. The molecule has 26 heavy (non-hydrogen) atoms. The van der Waals surface area contributed by atoms with E-state index in [1.165, 1.54) is 25.7 Å². The average molecular weight is 358 g/mol. The van der Waals surface area contributed by atoms with Crippen molar-refractivity contribution in [2.45, 2.75) is 51.0 Å². The van der Waals surface area contributed by atoms with Gasteiger partial charge in [-0.2, -0.15) is 5.10 Å². The van der Waals surface area contributed by atoms with Gasteiger partial charge in [0.15, 0.2) is 5.65 Å². The summed E-state index contributed by atoms with van der Waals surface area (Å²) in [6, 6.07) is 0. The molecule has 4 rings (SSSR count). The monoisotopic (exact) mass is 358 g/mol. The van der Waals surface area contributed by atoms with Gasteiger partial charge in [0.05, 0.1) is 30.3 Å². The van der Waals surface area contributed by atoms with Crippen LogP contribution in [-0.4, -0.2) is 63.0 Å². The van der Waals surface area contributed by atoms with Gasteiger partial charge >= 0.3 is 0 Å². The predicted octanol–water partition coefficient (Wildman–Crippen LogP) is 2.54. The second-order valence-corrected chi connectivity index (χ2v) is 8.09. The van der Waals surface area contributed by atoms with Gasteiger partial charge in [0.25, 0.3) is 0 Å². The summed E-state index contributed by atoms with van der Waals surface area (Å²) in [6.07, 6.45) is 6.81. The molecule has 2 aromatic heterocycles. The van der Waals surface area contributed by atoms with Gasteiger partial charge in [0, 0.05) is 32.6 Å². The Kier molecular flexibility index (Phi) is 4.84. The summed E-state index contributed by atoms with van der Waals surface area (Å²) in [4.78, 5) is 12.2. The fraction of sp³-hybridized carbons (Fsp3) is 0.737. The molecular formula is C19H30N6O. The van der Waals surface area contributed by atoms with Gasteiger partial charge in [-0.1, -0.05) is 26.7 Å². The highest BCUT2D eigenvalue weighted by molar-refractivity contribution is 5.86. The van der Waals surface area contributed by atoms with Gasteiger partial charge in [0.2, 0.25) is 0 Å². The zero-order valence-corrected chi connectivity index (χ0v) is 16.2. The fourth-order valence-electron chi connectivity index (χ4n) is 4.21. The largest absolute Gasteiger partial charge is 0.379 e. The number of rotatable bonds is 5. The Hall–Kier alpha value is -1.73. The Balaban J connectivity index is 1.67. The van der Waals surface area contributed by atoms with Crippen LogP contribution in [0.2, 0.25) is 0 Å². The van der Waals surface area contributed by atoms with Crippen molar-refractivity contribution in [1.29, 1.82) is 0 Å². The van der Waals surface area contributed by atoms with E-state index < -0.39 is 0 Å². The molecule has 2 aromatic rings. The molecule has 0 aromatic carbocycles. The van der Waals surface area contributed by atoms with Crippen molar-refractivity contribution < 1.29 is 4.74 Å². The Bertz CT molecular complexity index is 759. The third-order valence-corrected chi connectivity index (χ3v) is 5.70. The first kappa shape index (κ1) is 17.7. The topological polar surface area (TPSA) is 68.1 Å². The van der Waals surface area contributed by atoms with Gasteiger partial charge < -0.3 is 10.1 Å². The molecule has 0 amide bonds. The van der Waals surface area contributed by atoms with E-state index >= 15 is 0 Å². The van der Waals surface area contributed by atoms with Crippen molar-refractivity contribution in [3.8, 4) is 0 Å². The quantitative estimate of drug-likeness (QED) is 0.886. The normalized spacial score (nSPS) is 20.9. The molecule has 2 fully saturated rings. The Labute approximate surface area is 155 Å². The number of anilines is 1. The molecule has 1 N–H and O–H groups in total. The van der Waals surface area contributed by atoms with E-state index in [1.54, 1.807) is 0 Å². The van der Waals surface area contributed by atoms with Gasteiger partial charge in [-0.3, -0.25) is 9.58 Å². The molecule has 3 heterocycles. The van der Waals surface area contributed by atoms with Crippen LogP contribution in [0, 0.1) is 0 Å². The number of hydrogen-bond acceptors (Lipinski definition) is 6. The molecule has 0 unspecified atom stereocenters. The van der Waals surface area contributed by atoms with Gasteiger partial charge in [0.1, 0.15) is 11.6 Å². The molecule has 0 bridgehead atoms. The first-order valence-corrected chi connectivity index (χ1v) is 9.84. The maximum absolute atomic E-state index is 5.52. The van der Waals surface area contributed by atoms with E-state index in [2.05, 4.69) is 29.2 Å². The Morgan fingerprint density at radius 2 is 1.92 bits per heavy atom. The van der Waals surface area contributed by atoms with E-state index in [4.69, 9.17) is 14.7 Å². The number of nitrogens with one attached hydrogen (secondary N) is 1. The molecule has 2 aliphatic rings. The summed E-state index contributed by atoms with van der Waals surface area (Å²) < 4.78 is 7.37. The third-order valence-electron chi connectivity index (χ3n) is 5.70. The minimum absolute atomic E-state index is 0.0860. The second-order valence-electron chi connectivity index (χ2n) is 8.09. The average Bonchev–Trinajstić information content (AvgIpc) is 3.23. The predicted molar refractivity (Wildman–Crippen MR) is 102 cm³/mol. The zero-order chi connectivity index (χ0) is 18.1. The molecule has 1 aliphatic heterocycles. The van der Waals surface area contributed by atoms with Crippen LogP contribution in [0.5, 0.6) is 0 Å². The van der Waals surface area contributed by atoms with E-state index in [0.29, 0.717) is 0 Å². The van der Waals surface area contributed by atoms with Crippen LogP contribution >= 0.6 is 0 Å². The summed E-state index contributed by atoms with van der Waals surface area (Å²) in [5.41, 5.74) is 0.994. The second kappa shape index (κ2) is 7.12. The summed E-state index contributed by atoms with van der Waals surface area (Å²) >= 11 is 0. The number of ether oxygens (including phenoxy) is 1. The molecule has 0 atom stereocenters. The zero-order valence-electron chi connectivity index (χ0n) is 16.2. The lowest BCUT2D eigenvalue weighted by atomic mass is 9.96. The van der Waals surface area contributed by atoms with Crippen molar-refractivity contribution in [3.63, 3.8) is 0 Å². The van der Waals surface area contributed by atoms with Crippen LogP contribution in [0.1, 0.15) is 51.3 Å². The van der Waals surface area contributed by atoms with Crippen molar-refractivity contribution in [1.82, 2.24) is 24.6 Å². The van der Waals surface area contributed by atoms with Crippen LogP contribution < -0.4 is 5.32 Å². The molecule has 0 spiro atoms. The van der Waals surface area contributed by atoms with Gasteiger partial charge in [-0.15, -0.1) is 0 Å². The van der Waals surface area contributed by atoms with E-state index in [0.717, 1.165) is 55.5 Å². The summed E-state index contributed by atoms with van der Waals surface area (Å²) in [5.74, 6) is 2.11. The van der Waals surface area contributed by atoms with Crippen LogP contribution in [0.4, 0.5) is 5.82 Å². The number of nitrogens with zero attached hydrogens (tertiary/aromatic N) is 5.